The van der Waals surface area contributed by atoms with Gasteiger partial charge in [0.2, 0.25) is 5.95 Å². The molecule has 1 fully saturated rings. The number of amides is 1. The summed E-state index contributed by atoms with van der Waals surface area (Å²) in [5, 5.41) is 3.43. The zero-order valence-electron chi connectivity index (χ0n) is 14.9. The first-order valence-corrected chi connectivity index (χ1v) is 8.51. The minimum absolute atomic E-state index is 0.226. The van der Waals surface area contributed by atoms with Crippen molar-refractivity contribution in [3.8, 4) is 0 Å². The molecule has 0 spiro atoms. The lowest BCUT2D eigenvalue weighted by Gasteiger charge is -2.31. The molecule has 1 aromatic heterocycles. The third-order valence-corrected chi connectivity index (χ3v) is 4.74. The molecule has 0 radical (unpaired) electrons. The number of aromatic nitrogens is 2. The van der Waals surface area contributed by atoms with Crippen molar-refractivity contribution in [3.05, 3.63) is 59.4 Å². The van der Waals surface area contributed by atoms with Gasteiger partial charge in [0.25, 0.3) is 12.3 Å². The summed E-state index contributed by atoms with van der Waals surface area (Å²) >= 11 is 0. The number of halogens is 4. The van der Waals surface area contributed by atoms with Gasteiger partial charge in [-0.3, -0.25) is 4.79 Å². The standard InChI is InChI=1S/C19H19F4N3O/c1-10(13-6-4-5-7-14(13)20)11(2)26(12-8-9-12)19(27)15-16(17(21)22)24-25(3)18(15)23/h4-7,11-12,17H,1,8-9H2,2-3H3. The first kappa shape index (κ1) is 19.1. The number of aryl methyl sites for hydroxylation is 1. The second-order valence-electron chi connectivity index (χ2n) is 6.60. The van der Waals surface area contributed by atoms with Crippen LogP contribution in [0.25, 0.3) is 5.57 Å². The highest BCUT2D eigenvalue weighted by atomic mass is 19.3. The van der Waals surface area contributed by atoms with E-state index in [9.17, 15) is 22.4 Å². The molecule has 1 unspecified atom stereocenters. The molecule has 1 saturated carbocycles. The molecular weight excluding hydrogens is 362 g/mol. The van der Waals surface area contributed by atoms with Crippen LogP contribution in [0.2, 0.25) is 0 Å². The van der Waals surface area contributed by atoms with Crippen molar-refractivity contribution in [2.24, 2.45) is 7.05 Å². The van der Waals surface area contributed by atoms with E-state index in [0.717, 1.165) is 7.05 Å². The molecule has 4 nitrogen and oxygen atoms in total. The average Bonchev–Trinajstić information content (AvgIpc) is 3.40. The van der Waals surface area contributed by atoms with E-state index in [1.807, 2.05) is 0 Å². The Bertz CT molecular complexity index is 889. The van der Waals surface area contributed by atoms with Crippen LogP contribution in [0.1, 0.15) is 47.8 Å². The highest BCUT2D eigenvalue weighted by Gasteiger charge is 2.41. The Morgan fingerprint density at radius 2 is 1.93 bits per heavy atom. The van der Waals surface area contributed by atoms with Crippen molar-refractivity contribution >= 4 is 11.5 Å². The fraction of sp³-hybridized carbons (Fsp3) is 0.368. The molecule has 0 bridgehead atoms. The van der Waals surface area contributed by atoms with Gasteiger partial charge in [-0.1, -0.05) is 24.8 Å². The predicted molar refractivity (Wildman–Crippen MR) is 92.2 cm³/mol. The van der Waals surface area contributed by atoms with Gasteiger partial charge in [-0.2, -0.15) is 9.49 Å². The van der Waals surface area contributed by atoms with Crippen LogP contribution in [0, 0.1) is 11.8 Å². The van der Waals surface area contributed by atoms with Crippen molar-refractivity contribution in [2.75, 3.05) is 0 Å². The minimum Gasteiger partial charge on any atom is -0.329 e. The quantitative estimate of drug-likeness (QED) is 0.698. The van der Waals surface area contributed by atoms with E-state index in [1.54, 1.807) is 13.0 Å². The van der Waals surface area contributed by atoms with Crippen molar-refractivity contribution in [1.29, 1.82) is 0 Å². The molecular formula is C19H19F4N3O. The Morgan fingerprint density at radius 1 is 1.30 bits per heavy atom. The molecule has 2 aromatic rings. The van der Waals surface area contributed by atoms with Crippen molar-refractivity contribution in [2.45, 2.75) is 38.3 Å². The monoisotopic (exact) mass is 381 g/mol. The predicted octanol–water partition coefficient (Wildman–Crippen LogP) is 4.34. The Labute approximate surface area is 154 Å². The summed E-state index contributed by atoms with van der Waals surface area (Å²) in [6.45, 7) is 5.51. The van der Waals surface area contributed by atoms with Gasteiger partial charge in [-0.25, -0.2) is 17.9 Å². The fourth-order valence-electron chi connectivity index (χ4n) is 3.13. The lowest BCUT2D eigenvalue weighted by molar-refractivity contribution is 0.0698. The maximum absolute atomic E-state index is 14.4. The molecule has 0 saturated heterocycles. The van der Waals surface area contributed by atoms with Crippen LogP contribution in [-0.2, 0) is 7.05 Å². The molecule has 1 atom stereocenters. The summed E-state index contributed by atoms with van der Waals surface area (Å²) in [5.74, 6) is -2.51. The van der Waals surface area contributed by atoms with Crippen LogP contribution in [-0.4, -0.2) is 32.7 Å². The minimum atomic E-state index is -3.09. The number of benzene rings is 1. The molecule has 0 aliphatic heterocycles. The summed E-state index contributed by atoms with van der Waals surface area (Å²) < 4.78 is 55.6. The maximum atomic E-state index is 14.4. The van der Waals surface area contributed by atoms with Gasteiger partial charge in [0, 0.05) is 18.7 Å². The summed E-state index contributed by atoms with van der Waals surface area (Å²) in [6.07, 6.45) is -1.77. The van der Waals surface area contributed by atoms with E-state index >= 15 is 0 Å². The number of hydrogen-bond donors (Lipinski definition) is 0. The zero-order chi connectivity index (χ0) is 19.9. The van der Waals surface area contributed by atoms with Crippen LogP contribution < -0.4 is 0 Å². The number of alkyl halides is 2. The van der Waals surface area contributed by atoms with E-state index in [-0.39, 0.29) is 11.6 Å². The normalized spacial score (nSPS) is 15.1. The van der Waals surface area contributed by atoms with Gasteiger partial charge in [0.1, 0.15) is 17.1 Å². The molecule has 8 heteroatoms. The van der Waals surface area contributed by atoms with Crippen LogP contribution in [0.3, 0.4) is 0 Å². The van der Waals surface area contributed by atoms with Crippen molar-refractivity contribution in [1.82, 2.24) is 14.7 Å². The third-order valence-electron chi connectivity index (χ3n) is 4.74. The second kappa shape index (κ2) is 7.17. The highest BCUT2D eigenvalue weighted by molar-refractivity contribution is 5.97. The molecule has 1 heterocycles. The smallest absolute Gasteiger partial charge is 0.283 e. The van der Waals surface area contributed by atoms with Crippen molar-refractivity contribution in [3.63, 3.8) is 0 Å². The van der Waals surface area contributed by atoms with Gasteiger partial charge in [0.15, 0.2) is 0 Å². The molecule has 1 amide bonds. The molecule has 3 rings (SSSR count). The van der Waals surface area contributed by atoms with Gasteiger partial charge in [0.05, 0.1) is 6.04 Å². The Morgan fingerprint density at radius 3 is 2.48 bits per heavy atom. The third kappa shape index (κ3) is 3.48. The SMILES string of the molecule is C=C(c1ccccc1F)C(C)N(C(=O)c1c(C(F)F)nn(C)c1F)C1CC1. The fourth-order valence-corrected chi connectivity index (χ4v) is 3.13. The Balaban J connectivity index is 1.98. The maximum Gasteiger partial charge on any atom is 0.283 e. The van der Waals surface area contributed by atoms with E-state index in [4.69, 9.17) is 0 Å². The molecule has 1 aliphatic carbocycles. The van der Waals surface area contributed by atoms with E-state index in [1.165, 1.54) is 23.1 Å². The average molecular weight is 381 g/mol. The van der Waals surface area contributed by atoms with E-state index < -0.39 is 41.4 Å². The number of hydrogen-bond acceptors (Lipinski definition) is 2. The molecule has 0 N–H and O–H groups in total. The molecule has 1 aromatic carbocycles. The van der Waals surface area contributed by atoms with Crippen molar-refractivity contribution < 1.29 is 22.4 Å². The first-order chi connectivity index (χ1) is 12.7. The van der Waals surface area contributed by atoms with Crippen LogP contribution in [0.4, 0.5) is 17.6 Å². The van der Waals surface area contributed by atoms with Crippen LogP contribution in [0.5, 0.6) is 0 Å². The van der Waals surface area contributed by atoms with E-state index in [0.29, 0.717) is 23.1 Å². The molecule has 1 aliphatic rings. The second-order valence-corrected chi connectivity index (χ2v) is 6.60. The van der Waals surface area contributed by atoms with Crippen LogP contribution >= 0.6 is 0 Å². The molecule has 27 heavy (non-hydrogen) atoms. The highest BCUT2D eigenvalue weighted by Crippen LogP contribution is 2.36. The number of carbonyl (C=O) groups excluding carboxylic acids is 1. The van der Waals surface area contributed by atoms with Crippen LogP contribution in [0.15, 0.2) is 30.8 Å². The summed E-state index contributed by atoms with van der Waals surface area (Å²) in [6, 6.07) is 5.02. The largest absolute Gasteiger partial charge is 0.329 e. The lowest BCUT2D eigenvalue weighted by atomic mass is 9.98. The van der Waals surface area contributed by atoms with Gasteiger partial charge in [-0.05, 0) is 31.4 Å². The lowest BCUT2D eigenvalue weighted by Crippen LogP contribution is -2.41. The summed E-state index contributed by atoms with van der Waals surface area (Å²) in [7, 11) is 1.15. The van der Waals surface area contributed by atoms with Gasteiger partial charge >= 0.3 is 0 Å². The molecule has 144 valence electrons. The number of rotatable bonds is 6. The Hall–Kier alpha value is -2.64. The number of nitrogens with zero attached hydrogens (tertiary/aromatic N) is 3. The zero-order valence-corrected chi connectivity index (χ0v) is 14.9. The van der Waals surface area contributed by atoms with Gasteiger partial charge in [-0.15, -0.1) is 0 Å². The Kier molecular flexibility index (Phi) is 5.08. The van der Waals surface area contributed by atoms with E-state index in [2.05, 4.69) is 11.7 Å². The number of carbonyl (C=O) groups is 1. The van der Waals surface area contributed by atoms with Gasteiger partial charge < -0.3 is 4.90 Å². The summed E-state index contributed by atoms with van der Waals surface area (Å²) in [5.41, 5.74) is -1.10. The topological polar surface area (TPSA) is 38.1 Å². The first-order valence-electron chi connectivity index (χ1n) is 8.51. The summed E-state index contributed by atoms with van der Waals surface area (Å²) in [4.78, 5) is 14.3.